The fourth-order valence-corrected chi connectivity index (χ4v) is 5.00. The van der Waals surface area contributed by atoms with E-state index >= 15 is 0 Å². The van der Waals surface area contributed by atoms with Gasteiger partial charge in [0.25, 0.3) is 0 Å². The molecule has 30 heavy (non-hydrogen) atoms. The zero-order valence-electron chi connectivity index (χ0n) is 16.9. The molecule has 0 spiro atoms. The Balaban J connectivity index is 1.27. The summed E-state index contributed by atoms with van der Waals surface area (Å²) >= 11 is 0. The molecular formula is C22H28N4O3S. The number of piperidine rings is 1. The molecule has 2 aromatic rings. The number of hydrazine groups is 1. The fourth-order valence-electron chi connectivity index (χ4n) is 3.70. The average molecular weight is 429 g/mol. The van der Waals surface area contributed by atoms with E-state index in [1.807, 2.05) is 18.2 Å². The Hall–Kier alpha value is -2.42. The third-order valence-electron chi connectivity index (χ3n) is 5.52. The Labute approximate surface area is 177 Å². The molecule has 0 radical (unpaired) electrons. The number of carbonyl (C=O) groups excluding carboxylic acids is 1. The van der Waals surface area contributed by atoms with Crippen molar-refractivity contribution in [3.05, 3.63) is 60.2 Å². The van der Waals surface area contributed by atoms with Crippen molar-refractivity contribution in [3.8, 4) is 0 Å². The van der Waals surface area contributed by atoms with Gasteiger partial charge in [0.05, 0.1) is 16.5 Å². The summed E-state index contributed by atoms with van der Waals surface area (Å²) in [5.41, 5.74) is 7.57. The Morgan fingerprint density at radius 3 is 2.43 bits per heavy atom. The van der Waals surface area contributed by atoms with Crippen LogP contribution >= 0.6 is 0 Å². The highest BCUT2D eigenvalue weighted by molar-refractivity contribution is 7.89. The molecule has 4 rings (SSSR count). The lowest BCUT2D eigenvalue weighted by molar-refractivity contribution is -0.126. The van der Waals surface area contributed by atoms with Gasteiger partial charge in [-0.25, -0.2) is 13.1 Å². The molecule has 7 nitrogen and oxygen atoms in total. The molecule has 1 saturated heterocycles. The van der Waals surface area contributed by atoms with Gasteiger partial charge in [0, 0.05) is 19.1 Å². The number of carbonyl (C=O) groups is 1. The first-order valence-electron chi connectivity index (χ1n) is 10.4. The average Bonchev–Trinajstić information content (AvgIpc) is 3.56. The summed E-state index contributed by atoms with van der Waals surface area (Å²) in [6.45, 7) is 2.58. The number of nitrogens with one attached hydrogen (secondary N) is 3. The van der Waals surface area contributed by atoms with E-state index in [-0.39, 0.29) is 22.8 Å². The van der Waals surface area contributed by atoms with Crippen molar-refractivity contribution in [2.75, 3.05) is 18.5 Å². The summed E-state index contributed by atoms with van der Waals surface area (Å²) in [7, 11) is -3.46. The summed E-state index contributed by atoms with van der Waals surface area (Å²) in [6.07, 6.45) is 3.65. The van der Waals surface area contributed by atoms with E-state index in [0.29, 0.717) is 5.69 Å². The predicted molar refractivity (Wildman–Crippen MR) is 116 cm³/mol. The standard InChI is InChI=1S/C22H28N4O3S/c27-22(18-7-4-14-26(16-18)15-17-5-2-1-3-6-17)24-23-19-10-12-21(13-11-19)30(28,29)25-20-8-9-20/h1-3,5-6,10-13,18,20,23,25H,4,7-9,14-16H2,(H,24,27). The van der Waals surface area contributed by atoms with Crippen molar-refractivity contribution < 1.29 is 13.2 Å². The van der Waals surface area contributed by atoms with Crippen molar-refractivity contribution in [3.63, 3.8) is 0 Å². The molecule has 160 valence electrons. The molecular weight excluding hydrogens is 400 g/mol. The number of hydrogen-bond acceptors (Lipinski definition) is 5. The quantitative estimate of drug-likeness (QED) is 0.562. The highest BCUT2D eigenvalue weighted by atomic mass is 32.2. The smallest absolute Gasteiger partial charge is 0.242 e. The Morgan fingerprint density at radius 1 is 1.00 bits per heavy atom. The van der Waals surface area contributed by atoms with E-state index in [1.165, 1.54) is 5.56 Å². The van der Waals surface area contributed by atoms with Gasteiger partial charge in [-0.3, -0.25) is 20.5 Å². The monoisotopic (exact) mass is 428 g/mol. The fraction of sp³-hybridized carbons (Fsp3) is 0.409. The lowest BCUT2D eigenvalue weighted by atomic mass is 9.97. The molecule has 1 unspecified atom stereocenters. The number of anilines is 1. The maximum absolute atomic E-state index is 12.6. The van der Waals surface area contributed by atoms with E-state index in [1.54, 1.807) is 24.3 Å². The normalized spacial score (nSPS) is 19.9. The molecule has 0 aromatic heterocycles. The van der Waals surface area contributed by atoms with Crippen LogP contribution in [0, 0.1) is 5.92 Å². The molecule has 3 N–H and O–H groups in total. The van der Waals surface area contributed by atoms with Crippen LogP contribution in [0.5, 0.6) is 0 Å². The summed E-state index contributed by atoms with van der Waals surface area (Å²) < 4.78 is 27.1. The van der Waals surface area contributed by atoms with Crippen molar-refractivity contribution in [1.82, 2.24) is 15.0 Å². The third kappa shape index (κ3) is 5.59. The molecule has 1 amide bonds. The van der Waals surface area contributed by atoms with Crippen LogP contribution in [0.2, 0.25) is 0 Å². The second-order valence-corrected chi connectivity index (χ2v) is 9.81. The molecule has 2 aliphatic rings. The number of sulfonamides is 1. The van der Waals surface area contributed by atoms with E-state index < -0.39 is 10.0 Å². The van der Waals surface area contributed by atoms with Crippen LogP contribution in [0.15, 0.2) is 59.5 Å². The van der Waals surface area contributed by atoms with Crippen LogP contribution in [-0.4, -0.2) is 38.4 Å². The van der Waals surface area contributed by atoms with Crippen LogP contribution in [0.1, 0.15) is 31.2 Å². The first-order chi connectivity index (χ1) is 14.5. The lowest BCUT2D eigenvalue weighted by Crippen LogP contribution is -2.44. The van der Waals surface area contributed by atoms with Gasteiger partial charge in [0.1, 0.15) is 0 Å². The molecule has 1 heterocycles. The van der Waals surface area contributed by atoms with Gasteiger partial charge in [-0.05, 0) is 62.1 Å². The number of hydrogen-bond donors (Lipinski definition) is 3. The number of amides is 1. The molecule has 2 aromatic carbocycles. The van der Waals surface area contributed by atoms with Crippen molar-refractivity contribution in [2.45, 2.75) is 43.2 Å². The Bertz CT molecular complexity index is 960. The predicted octanol–water partition coefficient (Wildman–Crippen LogP) is 2.48. The topological polar surface area (TPSA) is 90.5 Å². The van der Waals surface area contributed by atoms with Gasteiger partial charge in [-0.15, -0.1) is 0 Å². The Morgan fingerprint density at radius 2 is 1.73 bits per heavy atom. The number of rotatable bonds is 8. The second kappa shape index (κ2) is 9.16. The zero-order chi connectivity index (χ0) is 21.0. The summed E-state index contributed by atoms with van der Waals surface area (Å²) in [5.74, 6) is -0.114. The maximum Gasteiger partial charge on any atom is 0.242 e. The molecule has 0 bridgehead atoms. The molecule has 1 atom stereocenters. The van der Waals surface area contributed by atoms with Crippen LogP contribution in [0.4, 0.5) is 5.69 Å². The maximum atomic E-state index is 12.6. The van der Waals surface area contributed by atoms with Crippen LogP contribution in [0.25, 0.3) is 0 Å². The van der Waals surface area contributed by atoms with Crippen molar-refractivity contribution in [1.29, 1.82) is 0 Å². The van der Waals surface area contributed by atoms with E-state index in [9.17, 15) is 13.2 Å². The van der Waals surface area contributed by atoms with Crippen LogP contribution in [-0.2, 0) is 21.4 Å². The molecule has 1 aliphatic carbocycles. The molecule has 1 aliphatic heterocycles. The summed E-state index contributed by atoms with van der Waals surface area (Å²) in [5, 5.41) is 0. The Kier molecular flexibility index (Phi) is 6.36. The molecule has 1 saturated carbocycles. The minimum Gasteiger partial charge on any atom is -0.299 e. The zero-order valence-corrected chi connectivity index (χ0v) is 17.7. The van der Waals surface area contributed by atoms with Gasteiger partial charge in [-0.1, -0.05) is 30.3 Å². The van der Waals surface area contributed by atoms with E-state index in [2.05, 4.69) is 32.6 Å². The minimum absolute atomic E-state index is 0.0418. The number of nitrogens with zero attached hydrogens (tertiary/aromatic N) is 1. The third-order valence-corrected chi connectivity index (χ3v) is 7.06. The van der Waals surface area contributed by atoms with Crippen molar-refractivity contribution >= 4 is 21.6 Å². The van der Waals surface area contributed by atoms with Gasteiger partial charge in [0.2, 0.25) is 15.9 Å². The van der Waals surface area contributed by atoms with Gasteiger partial charge in [0.15, 0.2) is 0 Å². The SMILES string of the molecule is O=C(NNc1ccc(S(=O)(=O)NC2CC2)cc1)C1CCCN(Cc2ccccc2)C1. The highest BCUT2D eigenvalue weighted by Crippen LogP contribution is 2.23. The van der Waals surface area contributed by atoms with Gasteiger partial charge >= 0.3 is 0 Å². The minimum atomic E-state index is -3.46. The largest absolute Gasteiger partial charge is 0.299 e. The second-order valence-electron chi connectivity index (χ2n) is 8.09. The highest BCUT2D eigenvalue weighted by Gasteiger charge is 2.28. The van der Waals surface area contributed by atoms with Crippen molar-refractivity contribution in [2.24, 2.45) is 5.92 Å². The van der Waals surface area contributed by atoms with Crippen LogP contribution < -0.4 is 15.6 Å². The first kappa shape index (κ1) is 20.8. The van der Waals surface area contributed by atoms with Crippen LogP contribution in [0.3, 0.4) is 0 Å². The number of benzene rings is 2. The van der Waals surface area contributed by atoms with E-state index in [0.717, 1.165) is 45.3 Å². The lowest BCUT2D eigenvalue weighted by Gasteiger charge is -2.32. The number of likely N-dealkylation sites (tertiary alicyclic amines) is 1. The van der Waals surface area contributed by atoms with Gasteiger partial charge < -0.3 is 0 Å². The molecule has 8 heteroatoms. The summed E-state index contributed by atoms with van der Waals surface area (Å²) in [6, 6.07) is 16.8. The van der Waals surface area contributed by atoms with Gasteiger partial charge in [-0.2, -0.15) is 0 Å². The van der Waals surface area contributed by atoms with E-state index in [4.69, 9.17) is 0 Å². The first-order valence-corrected chi connectivity index (χ1v) is 11.9. The molecule has 2 fully saturated rings. The summed E-state index contributed by atoms with van der Waals surface area (Å²) in [4.78, 5) is 15.2.